The number of nitrogens with zero attached hydrogens (tertiary/aromatic N) is 1. The molecule has 0 aliphatic carbocycles. The molecule has 5 nitrogen and oxygen atoms in total. The summed E-state index contributed by atoms with van der Waals surface area (Å²) in [6, 6.07) is 2.04. The maximum absolute atomic E-state index is 13.8. The lowest BCUT2D eigenvalue weighted by Crippen LogP contribution is -2.46. The summed E-state index contributed by atoms with van der Waals surface area (Å²) in [5, 5.41) is 11.6. The molecule has 1 fully saturated rings. The van der Waals surface area contributed by atoms with Crippen molar-refractivity contribution < 1.29 is 23.4 Å². The lowest BCUT2D eigenvalue weighted by atomic mass is 10.1. The highest BCUT2D eigenvalue weighted by molar-refractivity contribution is 5.94. The number of morpholine rings is 1. The molecule has 1 aromatic carbocycles. The number of amides is 1. The zero-order valence-corrected chi connectivity index (χ0v) is 11.7. The lowest BCUT2D eigenvalue weighted by Gasteiger charge is -2.32. The second-order valence-corrected chi connectivity index (χ2v) is 4.77. The minimum absolute atomic E-state index is 0.0507. The number of aliphatic hydroxyl groups is 1. The first-order valence-corrected chi connectivity index (χ1v) is 6.81. The summed E-state index contributed by atoms with van der Waals surface area (Å²) in [4.78, 5) is 13.7. The van der Waals surface area contributed by atoms with Gasteiger partial charge in [-0.1, -0.05) is 0 Å². The van der Waals surface area contributed by atoms with Gasteiger partial charge in [0.1, 0.15) is 17.3 Å². The minimum Gasteiger partial charge on any atom is -0.394 e. The number of ether oxygens (including phenoxy) is 1. The molecule has 1 amide bonds. The molecule has 1 heterocycles. The Morgan fingerprint density at radius 2 is 2.14 bits per heavy atom. The van der Waals surface area contributed by atoms with E-state index in [4.69, 9.17) is 9.84 Å². The summed E-state index contributed by atoms with van der Waals surface area (Å²) in [6.07, 6.45) is -0.460. The average Bonchev–Trinajstić information content (AvgIpc) is 2.50. The van der Waals surface area contributed by atoms with E-state index < -0.39 is 23.6 Å². The normalized spacial score (nSPS) is 18.7. The van der Waals surface area contributed by atoms with Crippen LogP contribution < -0.4 is 5.32 Å². The van der Waals surface area contributed by atoms with Crippen LogP contribution >= 0.6 is 0 Å². The number of hydrogen-bond acceptors (Lipinski definition) is 4. The number of aliphatic hydroxyl groups excluding tert-OH is 1. The number of carbonyl (C=O) groups excluding carboxylic acids is 1. The summed E-state index contributed by atoms with van der Waals surface area (Å²) in [5.74, 6) is -2.07. The number of benzene rings is 1. The van der Waals surface area contributed by atoms with Crippen LogP contribution in [0.15, 0.2) is 12.1 Å². The molecule has 0 bridgehead atoms. The highest BCUT2D eigenvalue weighted by Gasteiger charge is 2.26. The van der Waals surface area contributed by atoms with Crippen molar-refractivity contribution in [3.8, 4) is 0 Å². The molecule has 1 aliphatic rings. The highest BCUT2D eigenvalue weighted by atomic mass is 19.1. The molecule has 1 aromatic rings. The van der Waals surface area contributed by atoms with Gasteiger partial charge in [0.2, 0.25) is 0 Å². The van der Waals surface area contributed by atoms with E-state index in [-0.39, 0.29) is 31.0 Å². The van der Waals surface area contributed by atoms with Gasteiger partial charge in [0, 0.05) is 25.2 Å². The standard InChI is InChI=1S/C14H18F2N2O3/c1-2-17-13-11(15)5-9(6-12(13)16)14(20)18-3-4-21-10(7-18)8-19/h5-6,10,17,19H,2-4,7-8H2,1H3. The first-order valence-electron chi connectivity index (χ1n) is 6.81. The zero-order chi connectivity index (χ0) is 15.4. The predicted molar refractivity (Wildman–Crippen MR) is 73.3 cm³/mol. The predicted octanol–water partition coefficient (Wildman–Crippen LogP) is 1.23. The fraction of sp³-hybridized carbons (Fsp3) is 0.500. The van der Waals surface area contributed by atoms with Crippen LogP contribution in [0.5, 0.6) is 0 Å². The first kappa shape index (κ1) is 15.7. The van der Waals surface area contributed by atoms with Crippen molar-refractivity contribution in [3.05, 3.63) is 29.3 Å². The van der Waals surface area contributed by atoms with Crippen LogP contribution in [0.2, 0.25) is 0 Å². The van der Waals surface area contributed by atoms with Crippen LogP contribution in [0.25, 0.3) is 0 Å². The molecule has 0 saturated carbocycles. The summed E-state index contributed by atoms with van der Waals surface area (Å²) in [6.45, 7) is 2.72. The van der Waals surface area contributed by atoms with Gasteiger partial charge in [-0.25, -0.2) is 8.78 Å². The number of anilines is 1. The summed E-state index contributed by atoms with van der Waals surface area (Å²) < 4.78 is 32.9. The molecule has 0 radical (unpaired) electrons. The lowest BCUT2D eigenvalue weighted by molar-refractivity contribution is -0.0447. The van der Waals surface area contributed by atoms with Gasteiger partial charge in [0.15, 0.2) is 0 Å². The summed E-state index contributed by atoms with van der Waals surface area (Å²) >= 11 is 0. The van der Waals surface area contributed by atoms with E-state index in [1.54, 1.807) is 6.92 Å². The maximum Gasteiger partial charge on any atom is 0.254 e. The molecule has 0 aromatic heterocycles. The smallest absolute Gasteiger partial charge is 0.254 e. The molecule has 7 heteroatoms. The topological polar surface area (TPSA) is 61.8 Å². The molecule has 21 heavy (non-hydrogen) atoms. The van der Waals surface area contributed by atoms with Crippen molar-refractivity contribution in [2.24, 2.45) is 0 Å². The Labute approximate surface area is 121 Å². The van der Waals surface area contributed by atoms with Crippen LogP contribution in [0.4, 0.5) is 14.5 Å². The van der Waals surface area contributed by atoms with Crippen molar-refractivity contribution in [1.82, 2.24) is 4.90 Å². The van der Waals surface area contributed by atoms with Crippen LogP contribution in [0.1, 0.15) is 17.3 Å². The van der Waals surface area contributed by atoms with Crippen LogP contribution in [-0.4, -0.2) is 54.9 Å². The van der Waals surface area contributed by atoms with Gasteiger partial charge in [-0.3, -0.25) is 4.79 Å². The van der Waals surface area contributed by atoms with Gasteiger partial charge < -0.3 is 20.1 Å². The number of rotatable bonds is 4. The fourth-order valence-corrected chi connectivity index (χ4v) is 2.24. The second-order valence-electron chi connectivity index (χ2n) is 4.77. The highest BCUT2D eigenvalue weighted by Crippen LogP contribution is 2.22. The Balaban J connectivity index is 2.19. The Hall–Kier alpha value is -1.73. The number of nitrogens with one attached hydrogen (secondary N) is 1. The molecule has 2 N–H and O–H groups in total. The maximum atomic E-state index is 13.8. The molecule has 2 rings (SSSR count). The molecule has 1 aliphatic heterocycles. The molecule has 0 spiro atoms. The van der Waals surface area contributed by atoms with Crippen molar-refractivity contribution in [3.63, 3.8) is 0 Å². The van der Waals surface area contributed by atoms with Gasteiger partial charge in [-0.2, -0.15) is 0 Å². The number of halogens is 2. The molecule has 116 valence electrons. The molecule has 1 atom stereocenters. The van der Waals surface area contributed by atoms with Gasteiger partial charge in [-0.05, 0) is 19.1 Å². The van der Waals surface area contributed by atoms with E-state index in [1.807, 2.05) is 0 Å². The third-order valence-electron chi connectivity index (χ3n) is 3.27. The monoisotopic (exact) mass is 300 g/mol. The summed E-state index contributed by atoms with van der Waals surface area (Å²) in [5.41, 5.74) is -0.283. The Bertz CT molecular complexity index is 502. The van der Waals surface area contributed by atoms with E-state index >= 15 is 0 Å². The third kappa shape index (κ3) is 3.48. The first-order chi connectivity index (χ1) is 10.1. The fourth-order valence-electron chi connectivity index (χ4n) is 2.24. The SMILES string of the molecule is CCNc1c(F)cc(C(=O)N2CCOC(CO)C2)cc1F. The van der Waals surface area contributed by atoms with Crippen molar-refractivity contribution in [2.45, 2.75) is 13.0 Å². The van der Waals surface area contributed by atoms with Crippen LogP contribution in [0.3, 0.4) is 0 Å². The van der Waals surface area contributed by atoms with Crippen LogP contribution in [-0.2, 0) is 4.74 Å². The van der Waals surface area contributed by atoms with Gasteiger partial charge in [0.25, 0.3) is 5.91 Å². The average molecular weight is 300 g/mol. The van der Waals surface area contributed by atoms with Crippen molar-refractivity contribution in [1.29, 1.82) is 0 Å². The van der Waals surface area contributed by atoms with Crippen molar-refractivity contribution in [2.75, 3.05) is 38.2 Å². The van der Waals surface area contributed by atoms with Gasteiger partial charge in [0.05, 0.1) is 19.3 Å². The molecular formula is C14H18F2N2O3. The summed E-state index contributed by atoms with van der Waals surface area (Å²) in [7, 11) is 0. The quantitative estimate of drug-likeness (QED) is 0.878. The zero-order valence-electron chi connectivity index (χ0n) is 11.7. The Morgan fingerprint density at radius 1 is 1.48 bits per heavy atom. The van der Waals surface area contributed by atoms with E-state index in [0.717, 1.165) is 12.1 Å². The number of carbonyl (C=O) groups is 1. The van der Waals surface area contributed by atoms with Crippen molar-refractivity contribution >= 4 is 11.6 Å². The van der Waals surface area contributed by atoms with E-state index in [1.165, 1.54) is 4.90 Å². The Kier molecular flexibility index (Phi) is 5.08. The molecule has 1 saturated heterocycles. The van der Waals surface area contributed by atoms with Gasteiger partial charge in [-0.15, -0.1) is 0 Å². The number of hydrogen-bond donors (Lipinski definition) is 2. The van der Waals surface area contributed by atoms with E-state index in [2.05, 4.69) is 5.32 Å². The van der Waals surface area contributed by atoms with E-state index in [9.17, 15) is 13.6 Å². The molecule has 1 unspecified atom stereocenters. The third-order valence-corrected chi connectivity index (χ3v) is 3.27. The molecular weight excluding hydrogens is 282 g/mol. The van der Waals surface area contributed by atoms with E-state index in [0.29, 0.717) is 13.1 Å². The van der Waals surface area contributed by atoms with Crippen LogP contribution in [0, 0.1) is 11.6 Å². The largest absolute Gasteiger partial charge is 0.394 e. The van der Waals surface area contributed by atoms with Gasteiger partial charge >= 0.3 is 0 Å². The Morgan fingerprint density at radius 3 is 2.71 bits per heavy atom. The second kappa shape index (κ2) is 6.82. The minimum atomic E-state index is -0.799.